The molecule has 0 saturated carbocycles. The van der Waals surface area contributed by atoms with Crippen LogP contribution >= 0.6 is 0 Å². The van der Waals surface area contributed by atoms with Crippen molar-refractivity contribution >= 4 is 5.70 Å². The van der Waals surface area contributed by atoms with Crippen molar-refractivity contribution in [1.82, 2.24) is 0 Å². The van der Waals surface area contributed by atoms with E-state index < -0.39 is 0 Å². The fraction of sp³-hybridized carbons (Fsp3) is 0.333. The first-order valence-electron chi connectivity index (χ1n) is 6.27. The average molecular weight is 243 g/mol. The highest BCUT2D eigenvalue weighted by Crippen LogP contribution is 2.21. The molecular formula is C15H19N2O+. The monoisotopic (exact) mass is 243 g/mol. The van der Waals surface area contributed by atoms with E-state index in [2.05, 4.69) is 24.1 Å². The molecular weight excluding hydrogens is 224 g/mol. The molecule has 1 rings (SSSR count). The van der Waals surface area contributed by atoms with Crippen LogP contribution in [0.1, 0.15) is 38.2 Å². The van der Waals surface area contributed by atoms with Crippen molar-refractivity contribution in [3.8, 4) is 0 Å². The summed E-state index contributed by atoms with van der Waals surface area (Å²) in [6.45, 7) is 2.09. The Hall–Kier alpha value is -2.08. The van der Waals surface area contributed by atoms with Crippen molar-refractivity contribution < 1.29 is 5.11 Å². The largest absolute Gasteiger partial charge is 0.505 e. The van der Waals surface area contributed by atoms with Crippen molar-refractivity contribution in [3.05, 3.63) is 58.8 Å². The summed E-state index contributed by atoms with van der Waals surface area (Å²) in [5.41, 5.74) is 0.983. The molecule has 0 atom stereocenters. The van der Waals surface area contributed by atoms with Gasteiger partial charge in [-0.3, -0.25) is 0 Å². The molecule has 0 aromatic heterocycles. The molecule has 0 spiro atoms. The highest BCUT2D eigenvalue weighted by molar-refractivity contribution is 5.71. The molecule has 0 aliphatic rings. The first-order valence-corrected chi connectivity index (χ1v) is 6.27. The van der Waals surface area contributed by atoms with Crippen LogP contribution in [-0.2, 0) is 0 Å². The van der Waals surface area contributed by atoms with E-state index in [-0.39, 0.29) is 11.5 Å². The highest BCUT2D eigenvalue weighted by atomic mass is 16.3. The first-order chi connectivity index (χ1) is 8.79. The van der Waals surface area contributed by atoms with Crippen LogP contribution < -0.4 is 0 Å². The second-order valence-electron chi connectivity index (χ2n) is 4.03. The Bertz CT molecular complexity index is 455. The zero-order chi connectivity index (χ0) is 13.2. The summed E-state index contributed by atoms with van der Waals surface area (Å²) in [6.07, 6.45) is 7.52. The molecule has 0 unspecified atom stereocenters. The van der Waals surface area contributed by atoms with E-state index in [9.17, 15) is 5.11 Å². The fourth-order valence-electron chi connectivity index (χ4n) is 1.67. The van der Waals surface area contributed by atoms with E-state index in [4.69, 9.17) is 5.39 Å². The Labute approximate surface area is 108 Å². The Kier molecular flexibility index (Phi) is 6.27. The zero-order valence-corrected chi connectivity index (χ0v) is 10.7. The molecule has 1 N–H and O–H groups in total. The molecule has 0 radical (unpaired) electrons. The van der Waals surface area contributed by atoms with E-state index in [1.54, 1.807) is 0 Å². The van der Waals surface area contributed by atoms with Gasteiger partial charge in [-0.05, 0) is 31.4 Å². The van der Waals surface area contributed by atoms with Crippen molar-refractivity contribution in [3.63, 3.8) is 0 Å². The minimum atomic E-state index is 0.133. The number of rotatable bonds is 6. The van der Waals surface area contributed by atoms with Crippen LogP contribution in [0.4, 0.5) is 0 Å². The highest BCUT2D eigenvalue weighted by Gasteiger charge is 2.20. The van der Waals surface area contributed by atoms with Gasteiger partial charge in [-0.1, -0.05) is 37.3 Å². The quantitative estimate of drug-likeness (QED) is 0.334. The van der Waals surface area contributed by atoms with Crippen LogP contribution in [0.2, 0.25) is 0 Å². The number of diazo groups is 1. The first kappa shape index (κ1) is 14.0. The van der Waals surface area contributed by atoms with Crippen molar-refractivity contribution in [1.29, 1.82) is 5.39 Å². The molecule has 0 amide bonds. The number of hydrogen-bond donors (Lipinski definition) is 1. The topological polar surface area (TPSA) is 48.4 Å². The van der Waals surface area contributed by atoms with E-state index in [1.165, 1.54) is 0 Å². The van der Waals surface area contributed by atoms with Crippen LogP contribution in [0.15, 0.2) is 48.2 Å². The molecule has 3 heteroatoms. The predicted octanol–water partition coefficient (Wildman–Crippen LogP) is 4.90. The van der Waals surface area contributed by atoms with Crippen LogP contribution in [-0.4, -0.2) is 5.11 Å². The number of nitrogens with zero attached hydrogens (tertiary/aromatic N) is 2. The summed E-state index contributed by atoms with van der Waals surface area (Å²) in [7, 11) is 0. The molecule has 94 valence electrons. The lowest BCUT2D eigenvalue weighted by Gasteiger charge is -1.96. The van der Waals surface area contributed by atoms with Crippen LogP contribution in [0.3, 0.4) is 0 Å². The lowest BCUT2D eigenvalue weighted by molar-refractivity contribution is 0.387. The van der Waals surface area contributed by atoms with E-state index in [1.807, 2.05) is 30.3 Å². The Morgan fingerprint density at radius 1 is 1.28 bits per heavy atom. The number of unbranched alkanes of at least 4 members (excludes halogenated alkanes) is 1. The normalized spacial score (nSPS) is 12.2. The third-order valence-corrected chi connectivity index (χ3v) is 2.61. The summed E-state index contributed by atoms with van der Waals surface area (Å²) in [6, 6.07) is 9.19. The molecule has 3 nitrogen and oxygen atoms in total. The van der Waals surface area contributed by atoms with Gasteiger partial charge in [0.2, 0.25) is 5.39 Å². The molecule has 0 heterocycles. The SMILES string of the molecule is CC/C=C\CCC/C(O)=C(\[N+]#N)c1ccccc1. The maximum absolute atomic E-state index is 9.92. The molecule has 0 bridgehead atoms. The van der Waals surface area contributed by atoms with Gasteiger partial charge in [0.05, 0.1) is 5.56 Å². The molecule has 0 saturated heterocycles. The van der Waals surface area contributed by atoms with Crippen molar-refractivity contribution in [2.24, 2.45) is 0 Å². The van der Waals surface area contributed by atoms with Gasteiger partial charge >= 0.3 is 5.70 Å². The molecule has 0 fully saturated rings. The zero-order valence-electron chi connectivity index (χ0n) is 10.7. The maximum Gasteiger partial charge on any atom is 0.428 e. The molecule has 1 aromatic rings. The minimum absolute atomic E-state index is 0.133. The second-order valence-corrected chi connectivity index (χ2v) is 4.03. The number of benzene rings is 1. The second kappa shape index (κ2) is 8.08. The number of aliphatic hydroxyl groups is 1. The number of aliphatic hydroxyl groups excluding tert-OH is 1. The molecule has 0 aliphatic carbocycles. The van der Waals surface area contributed by atoms with Gasteiger partial charge in [-0.2, -0.15) is 0 Å². The van der Waals surface area contributed by atoms with E-state index in [0.717, 1.165) is 24.8 Å². The average Bonchev–Trinajstić information content (AvgIpc) is 2.40. The smallest absolute Gasteiger partial charge is 0.428 e. The summed E-state index contributed by atoms with van der Waals surface area (Å²) in [5.74, 6) is 0.133. The number of hydrogen-bond acceptors (Lipinski definition) is 2. The summed E-state index contributed by atoms with van der Waals surface area (Å²) in [5, 5.41) is 18.9. The van der Waals surface area contributed by atoms with Gasteiger partial charge in [-0.15, -0.1) is 0 Å². The molecule has 18 heavy (non-hydrogen) atoms. The summed E-state index contributed by atoms with van der Waals surface area (Å²) < 4.78 is 0. The van der Waals surface area contributed by atoms with Crippen LogP contribution in [0.25, 0.3) is 10.7 Å². The van der Waals surface area contributed by atoms with Gasteiger partial charge in [0.25, 0.3) is 0 Å². The lowest BCUT2D eigenvalue weighted by Crippen LogP contribution is -1.88. The van der Waals surface area contributed by atoms with Gasteiger partial charge in [0.15, 0.2) is 10.7 Å². The fourth-order valence-corrected chi connectivity index (χ4v) is 1.67. The Morgan fingerprint density at radius 2 is 2.00 bits per heavy atom. The van der Waals surface area contributed by atoms with Gasteiger partial charge in [0, 0.05) is 6.42 Å². The maximum atomic E-state index is 9.92. The minimum Gasteiger partial charge on any atom is -0.505 e. The van der Waals surface area contributed by atoms with Gasteiger partial charge in [0.1, 0.15) is 0 Å². The molecule has 1 aromatic carbocycles. The molecule has 0 aliphatic heterocycles. The van der Waals surface area contributed by atoms with Crippen LogP contribution in [0.5, 0.6) is 0 Å². The summed E-state index contributed by atoms with van der Waals surface area (Å²) in [4.78, 5) is 3.18. The van der Waals surface area contributed by atoms with Crippen molar-refractivity contribution in [2.75, 3.05) is 0 Å². The third-order valence-electron chi connectivity index (χ3n) is 2.61. The summed E-state index contributed by atoms with van der Waals surface area (Å²) >= 11 is 0. The van der Waals surface area contributed by atoms with Gasteiger partial charge in [-0.25, -0.2) is 0 Å². The lowest BCUT2D eigenvalue weighted by atomic mass is 10.1. The third kappa shape index (κ3) is 4.42. The van der Waals surface area contributed by atoms with Crippen LogP contribution in [0, 0.1) is 5.39 Å². The standard InChI is InChI=1S/C15H18N2O/c1-2-3-4-5-9-12-14(18)15(17-16)13-10-7-6-8-11-13/h3-4,6-8,10-11H,2,5,9,12H2,1H3/p+1/b4-3-,15-14+. The number of allylic oxidation sites excluding steroid dienone is 3. The van der Waals surface area contributed by atoms with Crippen molar-refractivity contribution in [2.45, 2.75) is 32.6 Å². The van der Waals surface area contributed by atoms with E-state index >= 15 is 0 Å². The van der Waals surface area contributed by atoms with E-state index in [0.29, 0.717) is 6.42 Å². The predicted molar refractivity (Wildman–Crippen MR) is 74.4 cm³/mol. The Morgan fingerprint density at radius 3 is 2.61 bits per heavy atom. The van der Waals surface area contributed by atoms with Gasteiger partial charge < -0.3 is 5.11 Å². The Balaban J connectivity index is 2.65.